The Kier molecular flexibility index (Phi) is 3.71. The van der Waals surface area contributed by atoms with Crippen molar-refractivity contribution in [2.45, 2.75) is 0 Å². The molecule has 104 valence electrons. The number of ether oxygens (including phenoxy) is 1. The van der Waals surface area contributed by atoms with E-state index >= 15 is 0 Å². The lowest BCUT2D eigenvalue weighted by molar-refractivity contribution is 0.103. The maximum absolute atomic E-state index is 12.8. The zero-order valence-corrected chi connectivity index (χ0v) is 12.9. The van der Waals surface area contributed by atoms with Gasteiger partial charge in [-0.25, -0.2) is 0 Å². The van der Waals surface area contributed by atoms with Gasteiger partial charge in [-0.1, -0.05) is 34.1 Å². The number of rotatable bonds is 3. The molecule has 0 atom stereocenters. The lowest BCUT2D eigenvalue weighted by atomic mass is 9.99. The first-order valence-electron chi connectivity index (χ1n) is 6.42. The first-order valence-corrected chi connectivity index (χ1v) is 7.22. The van der Waals surface area contributed by atoms with Crippen LogP contribution in [0.5, 0.6) is 5.75 Å². The molecule has 0 spiro atoms. The molecule has 3 aromatic rings. The number of hydrogen-bond acceptors (Lipinski definition) is 3. The Morgan fingerprint density at radius 2 is 1.95 bits per heavy atom. The van der Waals surface area contributed by atoms with Gasteiger partial charge in [-0.2, -0.15) is 0 Å². The summed E-state index contributed by atoms with van der Waals surface area (Å²) in [6.45, 7) is 0. The number of benzene rings is 2. The van der Waals surface area contributed by atoms with E-state index in [1.807, 2.05) is 42.5 Å². The van der Waals surface area contributed by atoms with E-state index in [1.165, 1.54) is 0 Å². The van der Waals surface area contributed by atoms with Gasteiger partial charge in [0.15, 0.2) is 5.78 Å². The fraction of sp³-hybridized carbons (Fsp3) is 0.0588. The maximum atomic E-state index is 12.8. The van der Waals surface area contributed by atoms with Crippen LogP contribution in [0.2, 0.25) is 0 Å². The van der Waals surface area contributed by atoms with E-state index in [2.05, 4.69) is 20.9 Å². The summed E-state index contributed by atoms with van der Waals surface area (Å²) in [5.74, 6) is 0.597. The summed E-state index contributed by atoms with van der Waals surface area (Å²) in [6, 6.07) is 14.7. The quantitative estimate of drug-likeness (QED) is 0.669. The number of ketones is 1. The molecular weight excluding hydrogens is 330 g/mol. The van der Waals surface area contributed by atoms with Crippen LogP contribution in [0.25, 0.3) is 10.9 Å². The zero-order valence-electron chi connectivity index (χ0n) is 11.3. The van der Waals surface area contributed by atoms with Crippen molar-refractivity contribution >= 4 is 32.6 Å². The van der Waals surface area contributed by atoms with Crippen molar-refractivity contribution in [3.63, 3.8) is 0 Å². The van der Waals surface area contributed by atoms with Crippen LogP contribution in [0, 0.1) is 0 Å². The second kappa shape index (κ2) is 5.66. The number of carbonyl (C=O) groups is 1. The van der Waals surface area contributed by atoms with Gasteiger partial charge in [-0.3, -0.25) is 9.78 Å². The van der Waals surface area contributed by atoms with Gasteiger partial charge in [0.05, 0.1) is 12.6 Å². The Hall–Kier alpha value is -2.20. The highest BCUT2D eigenvalue weighted by molar-refractivity contribution is 9.10. The van der Waals surface area contributed by atoms with Crippen LogP contribution in [-0.2, 0) is 0 Å². The van der Waals surface area contributed by atoms with Gasteiger partial charge in [0, 0.05) is 27.2 Å². The highest BCUT2D eigenvalue weighted by Gasteiger charge is 2.16. The Balaban J connectivity index is 2.17. The van der Waals surface area contributed by atoms with Crippen molar-refractivity contribution in [2.75, 3.05) is 7.11 Å². The molecule has 0 saturated carbocycles. The molecule has 1 heterocycles. The first-order chi connectivity index (χ1) is 10.2. The van der Waals surface area contributed by atoms with Gasteiger partial charge in [-0.05, 0) is 30.3 Å². The van der Waals surface area contributed by atoms with Crippen LogP contribution in [0.15, 0.2) is 59.2 Å². The van der Waals surface area contributed by atoms with Crippen LogP contribution in [0.3, 0.4) is 0 Å². The number of carbonyl (C=O) groups excluding carboxylic acids is 1. The van der Waals surface area contributed by atoms with Crippen LogP contribution < -0.4 is 4.74 Å². The molecule has 0 bridgehead atoms. The van der Waals surface area contributed by atoms with E-state index in [-0.39, 0.29) is 5.78 Å². The van der Waals surface area contributed by atoms with Crippen molar-refractivity contribution in [2.24, 2.45) is 0 Å². The van der Waals surface area contributed by atoms with Crippen molar-refractivity contribution in [1.29, 1.82) is 0 Å². The Labute approximate surface area is 130 Å². The first kappa shape index (κ1) is 13.8. The Bertz CT molecular complexity index is 825. The van der Waals surface area contributed by atoms with E-state index < -0.39 is 0 Å². The van der Waals surface area contributed by atoms with Gasteiger partial charge < -0.3 is 4.74 Å². The molecule has 0 aliphatic heterocycles. The van der Waals surface area contributed by atoms with Crippen LogP contribution in [-0.4, -0.2) is 17.9 Å². The van der Waals surface area contributed by atoms with Crippen molar-refractivity contribution in [3.8, 4) is 5.75 Å². The average Bonchev–Trinajstić information content (AvgIpc) is 2.54. The summed E-state index contributed by atoms with van der Waals surface area (Å²) in [5, 5.41) is 0.847. The summed E-state index contributed by atoms with van der Waals surface area (Å²) < 4.78 is 5.94. The van der Waals surface area contributed by atoms with E-state index in [4.69, 9.17) is 4.74 Å². The van der Waals surface area contributed by atoms with E-state index in [1.54, 1.807) is 19.4 Å². The molecule has 0 unspecified atom stereocenters. The molecule has 0 saturated heterocycles. The summed E-state index contributed by atoms with van der Waals surface area (Å²) in [7, 11) is 1.58. The topological polar surface area (TPSA) is 39.2 Å². The van der Waals surface area contributed by atoms with Crippen molar-refractivity contribution < 1.29 is 9.53 Å². The molecule has 21 heavy (non-hydrogen) atoms. The maximum Gasteiger partial charge on any atom is 0.194 e. The highest BCUT2D eigenvalue weighted by Crippen LogP contribution is 2.27. The number of halogens is 1. The molecule has 0 radical (unpaired) electrons. The lowest BCUT2D eigenvalue weighted by Gasteiger charge is -2.08. The number of fused-ring (bicyclic) bond motifs is 1. The highest BCUT2D eigenvalue weighted by atomic mass is 79.9. The minimum absolute atomic E-state index is 0.0561. The molecule has 0 amide bonds. The van der Waals surface area contributed by atoms with Crippen LogP contribution >= 0.6 is 15.9 Å². The molecule has 0 N–H and O–H groups in total. The molecule has 3 rings (SSSR count). The summed E-state index contributed by atoms with van der Waals surface area (Å²) in [4.78, 5) is 17.1. The van der Waals surface area contributed by atoms with E-state index in [0.717, 1.165) is 15.4 Å². The van der Waals surface area contributed by atoms with E-state index in [0.29, 0.717) is 16.9 Å². The van der Waals surface area contributed by atoms with E-state index in [9.17, 15) is 4.79 Å². The molecule has 2 aromatic carbocycles. The third-order valence-electron chi connectivity index (χ3n) is 3.31. The number of pyridine rings is 1. The normalized spacial score (nSPS) is 10.6. The molecular formula is C17H12BrNO2. The zero-order chi connectivity index (χ0) is 14.8. The van der Waals surface area contributed by atoms with Gasteiger partial charge in [0.1, 0.15) is 5.75 Å². The largest absolute Gasteiger partial charge is 0.497 e. The standard InChI is InChI=1S/C17H12BrNO2/c1-21-11-7-8-15(18)14(10-11)17(20)13-4-2-6-16-12(13)5-3-9-19-16/h2-10H,1H3. The molecule has 0 aliphatic carbocycles. The Morgan fingerprint density at radius 1 is 1.10 bits per heavy atom. The summed E-state index contributed by atoms with van der Waals surface area (Å²) in [6.07, 6.45) is 1.72. The summed E-state index contributed by atoms with van der Waals surface area (Å²) >= 11 is 3.43. The monoisotopic (exact) mass is 341 g/mol. The fourth-order valence-corrected chi connectivity index (χ4v) is 2.68. The van der Waals surface area contributed by atoms with Crippen molar-refractivity contribution in [3.05, 3.63) is 70.3 Å². The van der Waals surface area contributed by atoms with Gasteiger partial charge >= 0.3 is 0 Å². The smallest absolute Gasteiger partial charge is 0.194 e. The molecule has 4 heteroatoms. The van der Waals surface area contributed by atoms with Crippen LogP contribution in [0.1, 0.15) is 15.9 Å². The fourth-order valence-electron chi connectivity index (χ4n) is 2.25. The average molecular weight is 342 g/mol. The van der Waals surface area contributed by atoms with Gasteiger partial charge in [0.2, 0.25) is 0 Å². The SMILES string of the molecule is COc1ccc(Br)c(C(=O)c2cccc3ncccc23)c1. The molecule has 0 aliphatic rings. The predicted molar refractivity (Wildman–Crippen MR) is 85.9 cm³/mol. The second-order valence-electron chi connectivity index (χ2n) is 4.55. The van der Waals surface area contributed by atoms with Gasteiger partial charge in [-0.15, -0.1) is 0 Å². The Morgan fingerprint density at radius 3 is 2.76 bits per heavy atom. The van der Waals surface area contributed by atoms with Crippen LogP contribution in [0.4, 0.5) is 0 Å². The third kappa shape index (κ3) is 2.54. The number of aromatic nitrogens is 1. The second-order valence-corrected chi connectivity index (χ2v) is 5.40. The predicted octanol–water partition coefficient (Wildman–Crippen LogP) is 4.24. The number of hydrogen-bond donors (Lipinski definition) is 0. The molecule has 1 aromatic heterocycles. The van der Waals surface area contributed by atoms with Crippen molar-refractivity contribution in [1.82, 2.24) is 4.98 Å². The molecule has 0 fully saturated rings. The van der Waals surface area contributed by atoms with Gasteiger partial charge in [0.25, 0.3) is 0 Å². The number of nitrogens with zero attached hydrogens (tertiary/aromatic N) is 1. The lowest BCUT2D eigenvalue weighted by Crippen LogP contribution is -2.04. The molecule has 3 nitrogen and oxygen atoms in total. The third-order valence-corrected chi connectivity index (χ3v) is 4.00. The number of methoxy groups -OCH3 is 1. The minimum Gasteiger partial charge on any atom is -0.497 e. The minimum atomic E-state index is -0.0561. The summed E-state index contributed by atoms with van der Waals surface area (Å²) in [5.41, 5.74) is 2.02.